The number of nitrogens with two attached hydrogens (primary N) is 1. The van der Waals surface area contributed by atoms with Gasteiger partial charge in [-0.1, -0.05) is 25.1 Å². The van der Waals surface area contributed by atoms with Gasteiger partial charge in [0.1, 0.15) is 0 Å². The molecule has 6 heteroatoms. The zero-order chi connectivity index (χ0) is 13.3. The average Bonchev–Trinajstić information content (AvgIpc) is 2.68. The molecule has 2 aromatic rings. The molecular formula is C12H13N3O3. The van der Waals surface area contributed by atoms with Gasteiger partial charge in [0.05, 0.1) is 18.0 Å². The summed E-state index contributed by atoms with van der Waals surface area (Å²) in [6.07, 6.45) is 0. The number of aromatic nitrogens is 2. The molecule has 0 aliphatic carbocycles. The Morgan fingerprint density at radius 2 is 2.11 bits per heavy atom. The molecule has 1 heterocycles. The molecule has 2 rings (SSSR count). The molecule has 3 N–H and O–H groups in total. The van der Waals surface area contributed by atoms with E-state index in [4.69, 9.17) is 10.8 Å². The minimum absolute atomic E-state index is 0.0118. The Morgan fingerprint density at radius 3 is 2.72 bits per heavy atom. The zero-order valence-electron chi connectivity index (χ0n) is 9.83. The molecule has 18 heavy (non-hydrogen) atoms. The maximum atomic E-state index is 11.1. The molecule has 6 nitrogen and oxygen atoms in total. The van der Waals surface area contributed by atoms with Crippen molar-refractivity contribution in [2.24, 2.45) is 11.7 Å². The van der Waals surface area contributed by atoms with Gasteiger partial charge in [-0.15, -0.1) is 0 Å². The van der Waals surface area contributed by atoms with E-state index in [0.717, 1.165) is 0 Å². The summed E-state index contributed by atoms with van der Waals surface area (Å²) >= 11 is 0. The van der Waals surface area contributed by atoms with Crippen LogP contribution in [0, 0.1) is 5.92 Å². The summed E-state index contributed by atoms with van der Waals surface area (Å²) in [5.74, 6) is -1.93. The average molecular weight is 247 g/mol. The van der Waals surface area contributed by atoms with Crippen molar-refractivity contribution in [2.45, 2.75) is 13.5 Å². The van der Waals surface area contributed by atoms with Gasteiger partial charge in [0, 0.05) is 5.39 Å². The Bertz CT molecular complexity index is 618. The lowest BCUT2D eigenvalue weighted by molar-refractivity contribution is -0.121. The Kier molecular flexibility index (Phi) is 3.01. The first-order chi connectivity index (χ1) is 8.50. The number of aromatic carboxylic acids is 1. The Balaban J connectivity index is 2.51. The van der Waals surface area contributed by atoms with Crippen molar-refractivity contribution in [1.82, 2.24) is 9.78 Å². The number of primary amides is 1. The van der Waals surface area contributed by atoms with Gasteiger partial charge in [0.25, 0.3) is 0 Å². The fourth-order valence-electron chi connectivity index (χ4n) is 1.77. The van der Waals surface area contributed by atoms with Crippen LogP contribution in [-0.4, -0.2) is 26.8 Å². The molecule has 0 fully saturated rings. The third kappa shape index (κ3) is 2.04. The summed E-state index contributed by atoms with van der Waals surface area (Å²) in [6, 6.07) is 7.00. The van der Waals surface area contributed by atoms with Crippen molar-refractivity contribution in [3.05, 3.63) is 30.0 Å². The summed E-state index contributed by atoms with van der Waals surface area (Å²) in [7, 11) is 0. The molecule has 1 aromatic carbocycles. The highest BCUT2D eigenvalue weighted by atomic mass is 16.4. The highest BCUT2D eigenvalue weighted by molar-refractivity contribution is 6.01. The monoisotopic (exact) mass is 247 g/mol. The first-order valence-corrected chi connectivity index (χ1v) is 5.49. The summed E-state index contributed by atoms with van der Waals surface area (Å²) in [5, 5.41) is 13.6. The Labute approximate surface area is 103 Å². The number of hydrogen-bond donors (Lipinski definition) is 2. The van der Waals surface area contributed by atoms with Crippen LogP contribution in [0.3, 0.4) is 0 Å². The predicted molar refractivity (Wildman–Crippen MR) is 65.1 cm³/mol. The second-order valence-electron chi connectivity index (χ2n) is 4.16. The SMILES string of the molecule is CC(Cn1nc(C(=O)O)c2ccccc21)C(N)=O. The first-order valence-electron chi connectivity index (χ1n) is 5.49. The molecule has 0 aliphatic rings. The largest absolute Gasteiger partial charge is 0.476 e. The lowest BCUT2D eigenvalue weighted by Gasteiger charge is -2.07. The number of hydrogen-bond acceptors (Lipinski definition) is 3. The fraction of sp³-hybridized carbons (Fsp3) is 0.250. The molecule has 0 spiro atoms. The zero-order valence-corrected chi connectivity index (χ0v) is 9.83. The van der Waals surface area contributed by atoms with E-state index in [1.165, 1.54) is 4.68 Å². The van der Waals surface area contributed by atoms with Crippen molar-refractivity contribution in [3.63, 3.8) is 0 Å². The van der Waals surface area contributed by atoms with E-state index in [1.807, 2.05) is 0 Å². The molecule has 0 saturated heterocycles. The number of benzene rings is 1. The number of carbonyl (C=O) groups is 2. The van der Waals surface area contributed by atoms with Crippen LogP contribution in [0.4, 0.5) is 0 Å². The molecule has 1 amide bonds. The van der Waals surface area contributed by atoms with Crippen LogP contribution in [-0.2, 0) is 11.3 Å². The van der Waals surface area contributed by atoms with Gasteiger partial charge in [-0.05, 0) is 6.07 Å². The quantitative estimate of drug-likeness (QED) is 0.836. The molecule has 0 saturated carbocycles. The first kappa shape index (κ1) is 12.1. The van der Waals surface area contributed by atoms with Gasteiger partial charge in [0.15, 0.2) is 5.69 Å². The van der Waals surface area contributed by atoms with Crippen LogP contribution in [0.5, 0.6) is 0 Å². The van der Waals surface area contributed by atoms with Gasteiger partial charge >= 0.3 is 5.97 Å². The highest BCUT2D eigenvalue weighted by Gasteiger charge is 2.18. The van der Waals surface area contributed by atoms with E-state index in [2.05, 4.69) is 5.10 Å². The van der Waals surface area contributed by atoms with E-state index in [1.54, 1.807) is 31.2 Å². The number of carbonyl (C=O) groups excluding carboxylic acids is 1. The minimum atomic E-state index is -1.09. The summed E-state index contributed by atoms with van der Waals surface area (Å²) < 4.78 is 1.51. The Morgan fingerprint density at radius 1 is 1.44 bits per heavy atom. The topological polar surface area (TPSA) is 98.2 Å². The van der Waals surface area contributed by atoms with Crippen LogP contribution in [0.1, 0.15) is 17.4 Å². The van der Waals surface area contributed by atoms with E-state index in [0.29, 0.717) is 10.9 Å². The van der Waals surface area contributed by atoms with Crippen molar-refractivity contribution < 1.29 is 14.7 Å². The summed E-state index contributed by atoms with van der Waals surface area (Å²) in [6.45, 7) is 1.95. The van der Waals surface area contributed by atoms with Crippen LogP contribution >= 0.6 is 0 Å². The number of amides is 1. The second kappa shape index (κ2) is 4.48. The fourth-order valence-corrected chi connectivity index (χ4v) is 1.77. The van der Waals surface area contributed by atoms with Gasteiger partial charge in [0.2, 0.25) is 5.91 Å². The van der Waals surface area contributed by atoms with Crippen molar-refractivity contribution in [3.8, 4) is 0 Å². The molecular weight excluding hydrogens is 234 g/mol. The summed E-state index contributed by atoms with van der Waals surface area (Å²) in [4.78, 5) is 22.1. The molecule has 0 aliphatic heterocycles. The van der Waals surface area contributed by atoms with Crippen LogP contribution in [0.25, 0.3) is 10.9 Å². The molecule has 1 unspecified atom stereocenters. The third-order valence-corrected chi connectivity index (χ3v) is 2.79. The van der Waals surface area contributed by atoms with E-state index in [9.17, 15) is 9.59 Å². The minimum Gasteiger partial charge on any atom is -0.476 e. The maximum absolute atomic E-state index is 11.1. The normalized spacial score (nSPS) is 12.5. The number of rotatable bonds is 4. The van der Waals surface area contributed by atoms with Gasteiger partial charge in [-0.3, -0.25) is 9.48 Å². The van der Waals surface area contributed by atoms with Crippen LogP contribution in [0.2, 0.25) is 0 Å². The molecule has 94 valence electrons. The Hall–Kier alpha value is -2.37. The van der Waals surface area contributed by atoms with Crippen molar-refractivity contribution in [2.75, 3.05) is 0 Å². The van der Waals surface area contributed by atoms with Gasteiger partial charge < -0.3 is 10.8 Å². The lowest BCUT2D eigenvalue weighted by atomic mass is 10.1. The number of fused-ring (bicyclic) bond motifs is 1. The number of nitrogens with zero attached hydrogens (tertiary/aromatic N) is 2. The van der Waals surface area contributed by atoms with Crippen LogP contribution in [0.15, 0.2) is 24.3 Å². The van der Waals surface area contributed by atoms with E-state index in [-0.39, 0.29) is 12.2 Å². The molecule has 0 radical (unpaired) electrons. The standard InChI is InChI=1S/C12H13N3O3/c1-7(11(13)16)6-15-9-5-3-2-4-8(9)10(14-15)12(17)18/h2-5,7H,6H2,1H3,(H2,13,16)(H,17,18). The smallest absolute Gasteiger partial charge is 0.357 e. The number of para-hydroxylation sites is 1. The van der Waals surface area contributed by atoms with Crippen molar-refractivity contribution in [1.29, 1.82) is 0 Å². The number of carboxylic acid groups (broad SMARTS) is 1. The van der Waals surface area contributed by atoms with E-state index >= 15 is 0 Å². The van der Waals surface area contributed by atoms with E-state index < -0.39 is 17.8 Å². The number of carboxylic acids is 1. The van der Waals surface area contributed by atoms with Crippen molar-refractivity contribution >= 4 is 22.8 Å². The lowest BCUT2D eigenvalue weighted by Crippen LogP contribution is -2.25. The second-order valence-corrected chi connectivity index (χ2v) is 4.16. The molecule has 1 atom stereocenters. The van der Waals surface area contributed by atoms with Gasteiger partial charge in [-0.2, -0.15) is 5.10 Å². The third-order valence-electron chi connectivity index (χ3n) is 2.79. The maximum Gasteiger partial charge on any atom is 0.357 e. The van der Waals surface area contributed by atoms with Gasteiger partial charge in [-0.25, -0.2) is 4.79 Å². The van der Waals surface area contributed by atoms with Crippen LogP contribution < -0.4 is 5.73 Å². The predicted octanol–water partition coefficient (Wildman–Crippen LogP) is 0.856. The molecule has 1 aromatic heterocycles. The highest BCUT2D eigenvalue weighted by Crippen LogP contribution is 2.19. The molecule has 0 bridgehead atoms. The summed E-state index contributed by atoms with van der Waals surface area (Å²) in [5.41, 5.74) is 5.87.